The number of fused-ring (bicyclic) bond motifs is 5. The van der Waals surface area contributed by atoms with Gasteiger partial charge in [0, 0.05) is 11.8 Å². The van der Waals surface area contributed by atoms with E-state index in [4.69, 9.17) is 4.18 Å². The molecule has 0 aliphatic heterocycles. The van der Waals surface area contributed by atoms with Crippen LogP contribution in [0.15, 0.2) is 40.8 Å². The fourth-order valence-electron chi connectivity index (χ4n) is 8.76. The van der Waals surface area contributed by atoms with Crippen molar-refractivity contribution in [2.45, 2.75) is 89.7 Å². The van der Waals surface area contributed by atoms with Crippen molar-refractivity contribution in [1.29, 1.82) is 0 Å². The molecule has 194 valence electrons. The number of aliphatic hydroxyl groups is 2. The van der Waals surface area contributed by atoms with Crippen LogP contribution in [0.3, 0.4) is 0 Å². The van der Waals surface area contributed by atoms with Crippen LogP contribution < -0.4 is 0 Å². The van der Waals surface area contributed by atoms with Crippen molar-refractivity contribution in [3.8, 4) is 0 Å². The SMILES string of the molecule is Cc1ccc(S(=O)(=O)OCC(C)[C@H]2CC[C@H]3[C@@H]4CC=C5CC(O)CC(O)[C@]5(C)[C@H]4CC[C@]23C)cc1. The van der Waals surface area contributed by atoms with E-state index < -0.39 is 22.3 Å². The summed E-state index contributed by atoms with van der Waals surface area (Å²) in [6, 6.07) is 6.84. The molecule has 5 nitrogen and oxygen atoms in total. The van der Waals surface area contributed by atoms with E-state index in [2.05, 4.69) is 26.8 Å². The maximum atomic E-state index is 12.8. The Morgan fingerprint density at radius 1 is 1.09 bits per heavy atom. The summed E-state index contributed by atoms with van der Waals surface area (Å²) >= 11 is 0. The lowest BCUT2D eigenvalue weighted by Crippen LogP contribution is -2.55. The molecule has 0 spiro atoms. The second-order valence-corrected chi connectivity index (χ2v) is 14.1. The normalized spacial score (nSPS) is 41.9. The lowest BCUT2D eigenvalue weighted by molar-refractivity contribution is -0.108. The lowest BCUT2D eigenvalue weighted by Gasteiger charge is -2.59. The van der Waals surface area contributed by atoms with Gasteiger partial charge >= 0.3 is 0 Å². The summed E-state index contributed by atoms with van der Waals surface area (Å²) in [5.74, 6) is 2.16. The molecule has 4 aliphatic carbocycles. The van der Waals surface area contributed by atoms with Crippen molar-refractivity contribution in [2.75, 3.05) is 6.61 Å². The number of benzene rings is 1. The largest absolute Gasteiger partial charge is 0.393 e. The van der Waals surface area contributed by atoms with Gasteiger partial charge in [0.2, 0.25) is 0 Å². The minimum absolute atomic E-state index is 0.155. The molecule has 5 rings (SSSR count). The monoisotopic (exact) mass is 502 g/mol. The smallest absolute Gasteiger partial charge is 0.296 e. The minimum Gasteiger partial charge on any atom is -0.393 e. The van der Waals surface area contributed by atoms with Crippen molar-refractivity contribution in [3.63, 3.8) is 0 Å². The van der Waals surface area contributed by atoms with E-state index in [9.17, 15) is 18.6 Å². The van der Waals surface area contributed by atoms with Gasteiger partial charge in [0.25, 0.3) is 10.1 Å². The van der Waals surface area contributed by atoms with Crippen LogP contribution in [0.4, 0.5) is 0 Å². The van der Waals surface area contributed by atoms with Gasteiger partial charge in [-0.2, -0.15) is 8.42 Å². The molecule has 0 saturated heterocycles. The molecule has 1 aromatic rings. The van der Waals surface area contributed by atoms with Gasteiger partial charge in [-0.25, -0.2) is 0 Å². The van der Waals surface area contributed by atoms with Crippen LogP contribution in [0.1, 0.15) is 71.3 Å². The summed E-state index contributed by atoms with van der Waals surface area (Å²) in [6.07, 6.45) is 8.11. The second kappa shape index (κ2) is 8.97. The third-order valence-corrected chi connectivity index (χ3v) is 12.0. The number of rotatable bonds is 5. The molecule has 0 heterocycles. The zero-order chi connectivity index (χ0) is 25.2. The first-order valence-electron chi connectivity index (χ1n) is 13.5. The summed E-state index contributed by atoms with van der Waals surface area (Å²) in [4.78, 5) is 0.223. The first-order chi connectivity index (χ1) is 16.5. The average molecular weight is 503 g/mol. The van der Waals surface area contributed by atoms with Crippen LogP contribution in [-0.4, -0.2) is 37.4 Å². The van der Waals surface area contributed by atoms with Crippen LogP contribution in [-0.2, 0) is 14.3 Å². The van der Waals surface area contributed by atoms with Crippen LogP contribution in [0.5, 0.6) is 0 Å². The van der Waals surface area contributed by atoms with Crippen molar-refractivity contribution in [1.82, 2.24) is 0 Å². The van der Waals surface area contributed by atoms with Gasteiger partial charge in [0.1, 0.15) is 0 Å². The Morgan fingerprint density at radius 3 is 2.51 bits per heavy atom. The molecule has 0 amide bonds. The highest BCUT2D eigenvalue weighted by atomic mass is 32.2. The van der Waals surface area contributed by atoms with Crippen LogP contribution in [0.25, 0.3) is 0 Å². The molecule has 3 fully saturated rings. The van der Waals surface area contributed by atoms with E-state index in [0.717, 1.165) is 37.7 Å². The van der Waals surface area contributed by atoms with Gasteiger partial charge in [-0.3, -0.25) is 4.18 Å². The molecule has 9 atom stereocenters. The van der Waals surface area contributed by atoms with E-state index in [1.54, 1.807) is 24.3 Å². The van der Waals surface area contributed by atoms with Crippen molar-refractivity contribution >= 4 is 10.1 Å². The first kappa shape index (κ1) is 25.4. The Balaban J connectivity index is 1.31. The quantitative estimate of drug-likeness (QED) is 0.425. The first-order valence-corrected chi connectivity index (χ1v) is 14.9. The zero-order valence-electron chi connectivity index (χ0n) is 21.6. The molecular weight excluding hydrogens is 460 g/mol. The summed E-state index contributed by atoms with van der Waals surface area (Å²) in [7, 11) is -3.76. The summed E-state index contributed by atoms with van der Waals surface area (Å²) in [5, 5.41) is 21.4. The standard InChI is InChI=1S/C29H42O5S/c1-18-5-8-22(9-6-18)35(32,33)34-17-19(2)24-11-12-25-23-10-7-20-15-21(30)16-27(31)29(20,4)26(23)13-14-28(24,25)3/h5-9,19,21,23-27,30-31H,10-17H2,1-4H3/t19?,21?,23-,24+,25-,26-,27?,28+,29-/m0/s1. The highest BCUT2D eigenvalue weighted by Crippen LogP contribution is 2.67. The summed E-state index contributed by atoms with van der Waals surface area (Å²) in [6.45, 7) is 8.98. The highest BCUT2D eigenvalue weighted by molar-refractivity contribution is 7.86. The molecule has 0 radical (unpaired) electrons. The summed E-state index contributed by atoms with van der Waals surface area (Å²) < 4.78 is 31.1. The van der Waals surface area contributed by atoms with Crippen LogP contribution in [0.2, 0.25) is 0 Å². The topological polar surface area (TPSA) is 83.8 Å². The highest BCUT2D eigenvalue weighted by Gasteiger charge is 2.61. The number of hydrogen-bond acceptors (Lipinski definition) is 5. The van der Waals surface area contributed by atoms with Crippen LogP contribution in [0, 0.1) is 47.3 Å². The lowest BCUT2D eigenvalue weighted by atomic mass is 9.46. The third-order valence-electron chi connectivity index (χ3n) is 10.7. The number of aliphatic hydroxyl groups excluding tert-OH is 2. The van der Waals surface area contributed by atoms with Gasteiger partial charge in [-0.05, 0) is 92.6 Å². The Kier molecular flexibility index (Phi) is 6.52. The molecule has 6 heteroatoms. The molecule has 3 saturated carbocycles. The van der Waals surface area contributed by atoms with Gasteiger partial charge in [0.05, 0.1) is 23.7 Å². The van der Waals surface area contributed by atoms with E-state index >= 15 is 0 Å². The molecule has 35 heavy (non-hydrogen) atoms. The summed E-state index contributed by atoms with van der Waals surface area (Å²) in [5.41, 5.74) is 2.23. The molecule has 2 N–H and O–H groups in total. The number of aryl methyl sites for hydroxylation is 1. The van der Waals surface area contributed by atoms with Crippen molar-refractivity contribution in [3.05, 3.63) is 41.5 Å². The maximum absolute atomic E-state index is 12.8. The Morgan fingerprint density at radius 2 is 1.80 bits per heavy atom. The number of allylic oxidation sites excluding steroid dienone is 1. The minimum atomic E-state index is -3.76. The van der Waals surface area contributed by atoms with E-state index in [1.807, 2.05) is 6.92 Å². The van der Waals surface area contributed by atoms with E-state index in [1.165, 1.54) is 5.57 Å². The average Bonchev–Trinajstić information content (AvgIpc) is 3.16. The Labute approximate surface area is 211 Å². The van der Waals surface area contributed by atoms with Gasteiger partial charge in [-0.15, -0.1) is 0 Å². The molecule has 4 aliphatic rings. The third kappa shape index (κ3) is 4.13. The fourth-order valence-corrected chi connectivity index (χ4v) is 9.76. The molecule has 0 bridgehead atoms. The Hall–Kier alpha value is -1.21. The zero-order valence-corrected chi connectivity index (χ0v) is 22.4. The van der Waals surface area contributed by atoms with Gasteiger partial charge in [0.15, 0.2) is 0 Å². The van der Waals surface area contributed by atoms with Gasteiger partial charge < -0.3 is 10.2 Å². The second-order valence-electron chi connectivity index (χ2n) is 12.5. The van der Waals surface area contributed by atoms with Crippen molar-refractivity contribution in [2.24, 2.45) is 40.4 Å². The predicted molar refractivity (Wildman–Crippen MR) is 136 cm³/mol. The fraction of sp³-hybridized carbons (Fsp3) is 0.724. The van der Waals surface area contributed by atoms with Crippen molar-refractivity contribution < 1.29 is 22.8 Å². The molecule has 0 aromatic heterocycles. The van der Waals surface area contributed by atoms with E-state index in [0.29, 0.717) is 36.5 Å². The molecule has 3 unspecified atom stereocenters. The molecule has 1 aromatic carbocycles. The number of hydrogen-bond donors (Lipinski definition) is 2. The van der Waals surface area contributed by atoms with Crippen LogP contribution >= 0.6 is 0 Å². The van der Waals surface area contributed by atoms with Gasteiger partial charge in [-0.1, -0.05) is 50.1 Å². The maximum Gasteiger partial charge on any atom is 0.296 e. The predicted octanol–water partition coefficient (Wildman–Crippen LogP) is 5.25. The van der Waals surface area contributed by atoms with E-state index in [-0.39, 0.29) is 28.3 Å². The Bertz CT molecular complexity index is 1080. The molecular formula is C29H42O5S.